The molecule has 0 bridgehead atoms. The third-order valence-corrected chi connectivity index (χ3v) is 10.2. The molecule has 0 heteroatoms. The summed E-state index contributed by atoms with van der Waals surface area (Å²) < 4.78 is 0. The molecule has 3 aliphatic rings. The maximum absolute atomic E-state index is 2.54. The third kappa shape index (κ3) is 3.18. The zero-order chi connectivity index (χ0) is 29.1. The minimum atomic E-state index is 0.960. The van der Waals surface area contributed by atoms with Crippen LogP contribution in [0, 0.1) is 13.8 Å². The van der Waals surface area contributed by atoms with E-state index in [2.05, 4.69) is 135 Å². The first-order valence-corrected chi connectivity index (χ1v) is 15.8. The van der Waals surface area contributed by atoms with E-state index in [1.807, 2.05) is 0 Å². The average molecular weight is 559 g/mol. The molecular formula is C44H30. The highest BCUT2D eigenvalue weighted by atomic mass is 14.3. The molecule has 7 aromatic rings. The highest BCUT2D eigenvalue weighted by Gasteiger charge is 2.29. The number of allylic oxidation sites excluding steroid dienone is 3. The van der Waals surface area contributed by atoms with E-state index in [0.29, 0.717) is 0 Å². The Morgan fingerprint density at radius 2 is 1.14 bits per heavy atom. The average Bonchev–Trinajstić information content (AvgIpc) is 3.35. The highest BCUT2D eigenvalue weighted by molar-refractivity contribution is 6.25. The molecule has 44 heavy (non-hydrogen) atoms. The quantitative estimate of drug-likeness (QED) is 0.185. The fourth-order valence-corrected chi connectivity index (χ4v) is 8.55. The van der Waals surface area contributed by atoms with E-state index in [4.69, 9.17) is 0 Å². The molecule has 0 N–H and O–H groups in total. The molecule has 0 nitrogen and oxygen atoms in total. The van der Waals surface area contributed by atoms with Crippen molar-refractivity contribution in [3.63, 3.8) is 0 Å². The van der Waals surface area contributed by atoms with Crippen molar-refractivity contribution in [2.75, 3.05) is 0 Å². The first-order chi connectivity index (χ1) is 21.6. The van der Waals surface area contributed by atoms with E-state index in [1.54, 1.807) is 0 Å². The summed E-state index contributed by atoms with van der Waals surface area (Å²) in [6, 6.07) is 39.2. The van der Waals surface area contributed by atoms with Crippen LogP contribution in [0.2, 0.25) is 0 Å². The lowest BCUT2D eigenvalue weighted by atomic mass is 9.74. The molecule has 206 valence electrons. The van der Waals surface area contributed by atoms with E-state index >= 15 is 0 Å². The first-order valence-electron chi connectivity index (χ1n) is 15.8. The summed E-state index contributed by atoms with van der Waals surface area (Å²) in [5, 5.41) is 8.30. The van der Waals surface area contributed by atoms with Crippen LogP contribution in [0.3, 0.4) is 0 Å². The van der Waals surface area contributed by atoms with Gasteiger partial charge in [0.15, 0.2) is 0 Å². The molecule has 0 aliphatic heterocycles. The Morgan fingerprint density at radius 3 is 1.84 bits per heavy atom. The Hall–Kier alpha value is -5.20. The molecule has 0 fully saturated rings. The van der Waals surface area contributed by atoms with E-state index in [0.717, 1.165) is 12.8 Å². The van der Waals surface area contributed by atoms with Crippen molar-refractivity contribution in [2.45, 2.75) is 26.7 Å². The van der Waals surface area contributed by atoms with Gasteiger partial charge in [0.05, 0.1) is 0 Å². The number of hydrogen-bond donors (Lipinski definition) is 0. The van der Waals surface area contributed by atoms with Crippen LogP contribution in [0.5, 0.6) is 0 Å². The number of hydrogen-bond acceptors (Lipinski definition) is 0. The molecule has 7 aromatic carbocycles. The van der Waals surface area contributed by atoms with Gasteiger partial charge in [-0.2, -0.15) is 0 Å². The van der Waals surface area contributed by atoms with Gasteiger partial charge >= 0.3 is 0 Å². The Labute approximate surface area is 257 Å². The molecule has 0 spiro atoms. The molecule has 0 heterocycles. The first kappa shape index (κ1) is 24.3. The van der Waals surface area contributed by atoms with Gasteiger partial charge < -0.3 is 0 Å². The summed E-state index contributed by atoms with van der Waals surface area (Å²) >= 11 is 0. The molecule has 10 rings (SSSR count). The molecule has 3 aliphatic carbocycles. The van der Waals surface area contributed by atoms with Crippen molar-refractivity contribution in [2.24, 2.45) is 0 Å². The largest absolute Gasteiger partial charge is 0.0795 e. The molecule has 0 unspecified atom stereocenters. The standard InChI is InChI=1S/C44H30/c1-25-18-30-19-26(2)21-38-35-24-39-36(23-34(35)37(20-25)42(30)38)40-22-33(27-10-5-3-6-11-27)31-15-9-14-29-16-17-32(44(40)43(29)31)41(39)28-12-7-4-8-13-28/h3-13,15-16,18-24H,14,17H2,1-2H3. The smallest absolute Gasteiger partial charge is 0.00260 e. The Kier molecular flexibility index (Phi) is 4.79. The van der Waals surface area contributed by atoms with Gasteiger partial charge in [-0.25, -0.2) is 0 Å². The van der Waals surface area contributed by atoms with E-state index < -0.39 is 0 Å². The minimum Gasteiger partial charge on any atom is -0.0795 e. The molecule has 0 amide bonds. The summed E-state index contributed by atoms with van der Waals surface area (Å²) in [4.78, 5) is 0. The predicted octanol–water partition coefficient (Wildman–Crippen LogP) is 12.1. The molecule has 0 aromatic heterocycles. The van der Waals surface area contributed by atoms with Crippen molar-refractivity contribution < 1.29 is 0 Å². The van der Waals surface area contributed by atoms with Gasteiger partial charge in [0.2, 0.25) is 0 Å². The third-order valence-electron chi connectivity index (χ3n) is 10.2. The van der Waals surface area contributed by atoms with Crippen LogP contribution in [-0.2, 0) is 6.42 Å². The van der Waals surface area contributed by atoms with Crippen LogP contribution in [0.25, 0.3) is 88.5 Å². The van der Waals surface area contributed by atoms with E-state index in [-0.39, 0.29) is 0 Å². The van der Waals surface area contributed by atoms with Crippen LogP contribution in [0.1, 0.15) is 34.2 Å². The summed E-state index contributed by atoms with van der Waals surface area (Å²) in [7, 11) is 0. The number of rotatable bonds is 2. The number of aryl methyl sites for hydroxylation is 2. The summed E-state index contributed by atoms with van der Waals surface area (Å²) in [6.45, 7) is 4.47. The van der Waals surface area contributed by atoms with Crippen LogP contribution in [0.4, 0.5) is 0 Å². The maximum atomic E-state index is 2.54. The zero-order valence-electron chi connectivity index (χ0n) is 25.0. The Morgan fingerprint density at radius 1 is 0.500 bits per heavy atom. The van der Waals surface area contributed by atoms with Crippen molar-refractivity contribution >= 4 is 44.0 Å². The topological polar surface area (TPSA) is 0 Å². The normalized spacial score (nSPS) is 14.0. The number of benzene rings is 7. The Balaban J connectivity index is 1.43. The SMILES string of the molecule is Cc1cc2c3c(cc(C)cc3c1)-c1cc3c(cc1-2)c(-c1ccccc1)c1c2c4c(c(-c5ccccc5)cc23)C=CCC4=CC1. The van der Waals surface area contributed by atoms with Gasteiger partial charge in [0.25, 0.3) is 0 Å². The van der Waals surface area contributed by atoms with Crippen LogP contribution in [-0.4, -0.2) is 0 Å². The Bertz CT molecular complexity index is 2460. The van der Waals surface area contributed by atoms with Gasteiger partial charge in [-0.15, -0.1) is 0 Å². The van der Waals surface area contributed by atoms with Gasteiger partial charge in [0.1, 0.15) is 0 Å². The summed E-state index contributed by atoms with van der Waals surface area (Å²) in [6.07, 6.45) is 9.20. The maximum Gasteiger partial charge on any atom is -0.00260 e. The van der Waals surface area contributed by atoms with Crippen LogP contribution >= 0.6 is 0 Å². The molecular weight excluding hydrogens is 528 g/mol. The fourth-order valence-electron chi connectivity index (χ4n) is 8.55. The van der Waals surface area contributed by atoms with Crippen molar-refractivity contribution in [3.05, 3.63) is 143 Å². The molecule has 0 saturated heterocycles. The minimum absolute atomic E-state index is 0.960. The van der Waals surface area contributed by atoms with Gasteiger partial charge in [-0.05, 0) is 155 Å². The monoisotopic (exact) mass is 558 g/mol. The van der Waals surface area contributed by atoms with Crippen molar-refractivity contribution in [1.82, 2.24) is 0 Å². The molecule has 0 atom stereocenters. The second-order valence-corrected chi connectivity index (χ2v) is 12.9. The highest BCUT2D eigenvalue weighted by Crippen LogP contribution is 2.54. The van der Waals surface area contributed by atoms with E-state index in [9.17, 15) is 0 Å². The van der Waals surface area contributed by atoms with Crippen LogP contribution in [0.15, 0.2) is 115 Å². The van der Waals surface area contributed by atoms with Crippen molar-refractivity contribution in [1.29, 1.82) is 0 Å². The van der Waals surface area contributed by atoms with E-state index in [1.165, 1.54) is 110 Å². The van der Waals surface area contributed by atoms with Gasteiger partial charge in [0, 0.05) is 0 Å². The second-order valence-electron chi connectivity index (χ2n) is 12.9. The summed E-state index contributed by atoms with van der Waals surface area (Å²) in [5.74, 6) is 0. The predicted molar refractivity (Wildman–Crippen MR) is 189 cm³/mol. The van der Waals surface area contributed by atoms with Gasteiger partial charge in [-0.3, -0.25) is 0 Å². The van der Waals surface area contributed by atoms with Gasteiger partial charge in [-0.1, -0.05) is 103 Å². The second kappa shape index (κ2) is 8.68. The lowest BCUT2D eigenvalue weighted by Crippen LogP contribution is -2.07. The fraction of sp³-hybridized carbons (Fsp3) is 0.0909. The molecule has 0 saturated carbocycles. The van der Waals surface area contributed by atoms with Crippen LogP contribution < -0.4 is 0 Å². The van der Waals surface area contributed by atoms with Crippen molar-refractivity contribution in [3.8, 4) is 44.5 Å². The summed E-state index contributed by atoms with van der Waals surface area (Å²) in [5.41, 5.74) is 19.2. The number of fused-ring (bicyclic) bond motifs is 5. The lowest BCUT2D eigenvalue weighted by molar-refractivity contribution is 1.24. The molecule has 0 radical (unpaired) electrons. The lowest BCUT2D eigenvalue weighted by Gasteiger charge is -2.29. The zero-order valence-corrected chi connectivity index (χ0v) is 25.0.